The number of carbonyl (C=O) groups excluding carboxylic acids is 2. The van der Waals surface area contributed by atoms with Crippen LogP contribution in [0.25, 0.3) is 0 Å². The third-order valence-electron chi connectivity index (χ3n) is 6.57. The highest BCUT2D eigenvalue weighted by Crippen LogP contribution is 2.26. The summed E-state index contributed by atoms with van der Waals surface area (Å²) in [5.41, 5.74) is 2.48. The van der Waals surface area contributed by atoms with Gasteiger partial charge in [0.25, 0.3) is 10.0 Å². The maximum absolute atomic E-state index is 13.9. The van der Waals surface area contributed by atoms with Gasteiger partial charge in [0.2, 0.25) is 11.8 Å². The minimum Gasteiger partial charge on any atom is -0.357 e. The van der Waals surface area contributed by atoms with Crippen LogP contribution in [0.15, 0.2) is 89.8 Å². The number of rotatable bonds is 12. The lowest BCUT2D eigenvalue weighted by Crippen LogP contribution is -2.52. The third-order valence-corrected chi connectivity index (χ3v) is 8.36. The Morgan fingerprint density at radius 3 is 1.97 bits per heavy atom. The SMILES string of the molecule is CC[C@H](C(=O)NC)N(CCc1ccccc1)C(=O)CN(c1ccc(C(C)C)cc1)S(=O)(=O)c1ccccc1. The smallest absolute Gasteiger partial charge is 0.264 e. The van der Waals surface area contributed by atoms with Crippen LogP contribution in [0.3, 0.4) is 0 Å². The average Bonchev–Trinajstić information content (AvgIpc) is 2.94. The monoisotopic (exact) mass is 535 g/mol. The number of hydrogen-bond acceptors (Lipinski definition) is 4. The summed E-state index contributed by atoms with van der Waals surface area (Å²) in [7, 11) is -2.52. The predicted molar refractivity (Wildman–Crippen MR) is 152 cm³/mol. The first-order chi connectivity index (χ1) is 18.2. The van der Waals surface area contributed by atoms with Crippen molar-refractivity contribution in [3.63, 3.8) is 0 Å². The zero-order chi connectivity index (χ0) is 27.7. The number of nitrogens with one attached hydrogen (secondary N) is 1. The normalized spacial score (nSPS) is 12.1. The van der Waals surface area contributed by atoms with Gasteiger partial charge in [-0.1, -0.05) is 81.4 Å². The molecule has 0 radical (unpaired) electrons. The molecule has 0 aromatic heterocycles. The van der Waals surface area contributed by atoms with Crippen molar-refractivity contribution in [2.45, 2.75) is 50.5 Å². The van der Waals surface area contributed by atoms with E-state index in [1.807, 2.05) is 49.4 Å². The molecular weight excluding hydrogens is 498 g/mol. The number of benzene rings is 3. The van der Waals surface area contributed by atoms with Gasteiger partial charge in [-0.15, -0.1) is 0 Å². The van der Waals surface area contributed by atoms with Gasteiger partial charge in [0.15, 0.2) is 0 Å². The molecule has 3 aromatic carbocycles. The standard InChI is InChI=1S/C30H37N3O4S/c1-5-28(30(35)31-4)32(21-20-24-12-8-6-9-13-24)29(34)22-33(26-18-16-25(17-19-26)23(2)3)38(36,37)27-14-10-7-11-15-27/h6-19,23,28H,5,20-22H2,1-4H3,(H,31,35)/t28-/m1/s1. The van der Waals surface area contributed by atoms with Crippen LogP contribution in [0.5, 0.6) is 0 Å². The van der Waals surface area contributed by atoms with Crippen molar-refractivity contribution in [2.75, 3.05) is 24.4 Å². The molecule has 0 aliphatic rings. The van der Waals surface area contributed by atoms with E-state index in [1.54, 1.807) is 30.3 Å². The Hall–Kier alpha value is -3.65. The second-order valence-electron chi connectivity index (χ2n) is 9.43. The summed E-state index contributed by atoms with van der Waals surface area (Å²) in [4.78, 5) is 28.2. The van der Waals surface area contributed by atoms with Crippen LogP contribution < -0.4 is 9.62 Å². The maximum Gasteiger partial charge on any atom is 0.264 e. The molecule has 7 nitrogen and oxygen atoms in total. The van der Waals surface area contributed by atoms with Crippen molar-refractivity contribution in [3.8, 4) is 0 Å². The fourth-order valence-electron chi connectivity index (χ4n) is 4.34. The van der Waals surface area contributed by atoms with E-state index in [0.29, 0.717) is 18.5 Å². The van der Waals surface area contributed by atoms with Crippen molar-refractivity contribution in [2.24, 2.45) is 0 Å². The quantitative estimate of drug-likeness (QED) is 0.367. The Morgan fingerprint density at radius 1 is 0.868 bits per heavy atom. The van der Waals surface area contributed by atoms with Gasteiger partial charge in [0, 0.05) is 13.6 Å². The summed E-state index contributed by atoms with van der Waals surface area (Å²) < 4.78 is 28.7. The Bertz CT molecular complexity index is 1290. The van der Waals surface area contributed by atoms with Gasteiger partial charge >= 0.3 is 0 Å². The minimum absolute atomic E-state index is 0.0925. The van der Waals surface area contributed by atoms with Crippen LogP contribution in [-0.4, -0.2) is 51.3 Å². The van der Waals surface area contributed by atoms with Gasteiger partial charge in [-0.3, -0.25) is 13.9 Å². The minimum atomic E-state index is -4.06. The first-order valence-corrected chi connectivity index (χ1v) is 14.4. The Kier molecular flexibility index (Phi) is 10.1. The van der Waals surface area contributed by atoms with Crippen molar-refractivity contribution >= 4 is 27.5 Å². The lowest BCUT2D eigenvalue weighted by atomic mass is 10.0. The summed E-state index contributed by atoms with van der Waals surface area (Å²) in [6.07, 6.45) is 0.934. The number of carbonyl (C=O) groups is 2. The number of likely N-dealkylation sites (N-methyl/N-ethyl adjacent to an activating group) is 1. The molecule has 3 aromatic rings. The molecule has 3 rings (SSSR count). The topological polar surface area (TPSA) is 86.8 Å². The zero-order valence-electron chi connectivity index (χ0n) is 22.5. The lowest BCUT2D eigenvalue weighted by Gasteiger charge is -2.33. The van der Waals surface area contributed by atoms with E-state index in [1.165, 1.54) is 24.1 Å². The highest BCUT2D eigenvalue weighted by molar-refractivity contribution is 7.92. The molecule has 8 heteroatoms. The fourth-order valence-corrected chi connectivity index (χ4v) is 5.77. The Morgan fingerprint density at radius 2 is 1.45 bits per heavy atom. The van der Waals surface area contributed by atoms with Crippen LogP contribution in [0.1, 0.15) is 44.2 Å². The summed E-state index contributed by atoms with van der Waals surface area (Å²) in [6.45, 7) is 5.81. The molecule has 0 saturated heterocycles. The van der Waals surface area contributed by atoms with Crippen LogP contribution >= 0.6 is 0 Å². The zero-order valence-corrected chi connectivity index (χ0v) is 23.3. The molecule has 0 fully saturated rings. The molecule has 0 bridgehead atoms. The van der Waals surface area contributed by atoms with Crippen LogP contribution in [0, 0.1) is 0 Å². The molecule has 1 atom stereocenters. The number of nitrogens with zero attached hydrogens (tertiary/aromatic N) is 2. The van der Waals surface area contributed by atoms with Crippen molar-refractivity contribution in [1.29, 1.82) is 0 Å². The molecule has 1 N–H and O–H groups in total. The summed E-state index contributed by atoms with van der Waals surface area (Å²) in [5, 5.41) is 2.64. The van der Waals surface area contributed by atoms with E-state index in [2.05, 4.69) is 19.2 Å². The molecule has 0 heterocycles. The van der Waals surface area contributed by atoms with Crippen LogP contribution in [0.4, 0.5) is 5.69 Å². The first kappa shape index (κ1) is 28.9. The van der Waals surface area contributed by atoms with Gasteiger partial charge in [-0.05, 0) is 54.2 Å². The number of sulfonamides is 1. The Labute approximate surface area is 226 Å². The van der Waals surface area contributed by atoms with Crippen LogP contribution in [-0.2, 0) is 26.0 Å². The molecule has 202 valence electrons. The molecule has 2 amide bonds. The lowest BCUT2D eigenvalue weighted by molar-refractivity contribution is -0.139. The van der Waals surface area contributed by atoms with Gasteiger partial charge in [0.05, 0.1) is 10.6 Å². The fraction of sp³-hybridized carbons (Fsp3) is 0.333. The van der Waals surface area contributed by atoms with E-state index in [-0.39, 0.29) is 23.3 Å². The molecule has 0 unspecified atom stereocenters. The average molecular weight is 536 g/mol. The summed E-state index contributed by atoms with van der Waals surface area (Å²) in [5.74, 6) is -0.451. The number of amides is 2. The highest BCUT2D eigenvalue weighted by Gasteiger charge is 2.33. The largest absolute Gasteiger partial charge is 0.357 e. The molecule has 0 saturated carbocycles. The highest BCUT2D eigenvalue weighted by atomic mass is 32.2. The number of anilines is 1. The molecule has 0 aliphatic carbocycles. The molecule has 0 spiro atoms. The van der Waals surface area contributed by atoms with Gasteiger partial charge in [0.1, 0.15) is 12.6 Å². The van der Waals surface area contributed by atoms with E-state index >= 15 is 0 Å². The van der Waals surface area contributed by atoms with E-state index in [9.17, 15) is 18.0 Å². The maximum atomic E-state index is 13.9. The molecule has 0 aliphatic heterocycles. The van der Waals surface area contributed by atoms with Crippen LogP contribution in [0.2, 0.25) is 0 Å². The van der Waals surface area contributed by atoms with Gasteiger partial charge in [-0.2, -0.15) is 0 Å². The van der Waals surface area contributed by atoms with Crippen molar-refractivity contribution < 1.29 is 18.0 Å². The second kappa shape index (κ2) is 13.2. The Balaban J connectivity index is 2.00. The molecular formula is C30H37N3O4S. The molecule has 38 heavy (non-hydrogen) atoms. The first-order valence-electron chi connectivity index (χ1n) is 12.9. The van der Waals surface area contributed by atoms with E-state index < -0.39 is 28.5 Å². The van der Waals surface area contributed by atoms with Crippen molar-refractivity contribution in [1.82, 2.24) is 10.2 Å². The second-order valence-corrected chi connectivity index (χ2v) is 11.3. The summed E-state index contributed by atoms with van der Waals surface area (Å²) >= 11 is 0. The number of hydrogen-bond donors (Lipinski definition) is 1. The van der Waals surface area contributed by atoms with Gasteiger partial charge < -0.3 is 10.2 Å². The van der Waals surface area contributed by atoms with Gasteiger partial charge in [-0.25, -0.2) is 8.42 Å². The van der Waals surface area contributed by atoms with Crippen molar-refractivity contribution in [3.05, 3.63) is 96.1 Å². The predicted octanol–water partition coefficient (Wildman–Crippen LogP) is 4.60. The third kappa shape index (κ3) is 7.01. The van der Waals surface area contributed by atoms with E-state index in [4.69, 9.17) is 0 Å². The van der Waals surface area contributed by atoms with E-state index in [0.717, 1.165) is 15.4 Å². The summed E-state index contributed by atoms with van der Waals surface area (Å²) in [6, 6.07) is 24.3.